The van der Waals surface area contributed by atoms with Crippen LogP contribution in [0, 0.1) is 12.8 Å². The Morgan fingerprint density at radius 1 is 1.40 bits per heavy atom. The Labute approximate surface area is 92.2 Å². The fourth-order valence-corrected chi connectivity index (χ4v) is 2.22. The topological polar surface area (TPSA) is 12.4 Å². The first-order chi connectivity index (χ1) is 7.15. The second kappa shape index (κ2) is 4.18. The van der Waals surface area contributed by atoms with Gasteiger partial charge in [0.15, 0.2) is 0 Å². The highest BCUT2D eigenvalue weighted by molar-refractivity contribution is 5.83. The lowest BCUT2D eigenvalue weighted by Gasteiger charge is -2.20. The van der Waals surface area contributed by atoms with E-state index >= 15 is 0 Å². The second-order valence-corrected chi connectivity index (χ2v) is 4.97. The van der Waals surface area contributed by atoms with E-state index in [1.165, 1.54) is 23.1 Å². The van der Waals surface area contributed by atoms with Crippen LogP contribution in [0.4, 0.5) is 0 Å². The van der Waals surface area contributed by atoms with E-state index in [1.54, 1.807) is 0 Å². The molecule has 0 aliphatic carbocycles. The smallest absolute Gasteiger partial charge is 0.0542 e. The summed E-state index contributed by atoms with van der Waals surface area (Å²) in [5.41, 5.74) is 4.13. The molecule has 0 amide bonds. The Morgan fingerprint density at radius 2 is 2.20 bits per heavy atom. The summed E-state index contributed by atoms with van der Waals surface area (Å²) >= 11 is 0. The van der Waals surface area contributed by atoms with Gasteiger partial charge < -0.3 is 0 Å². The van der Waals surface area contributed by atoms with Gasteiger partial charge in [-0.2, -0.15) is 0 Å². The first-order valence-corrected chi connectivity index (χ1v) is 5.78. The minimum Gasteiger partial charge on any atom is -0.289 e. The summed E-state index contributed by atoms with van der Waals surface area (Å²) in [6.45, 7) is 6.69. The molecule has 0 aromatic heterocycles. The number of aliphatic imine (C=N–C) groups is 1. The number of nitrogens with zero attached hydrogens (tertiary/aromatic N) is 1. The van der Waals surface area contributed by atoms with E-state index in [4.69, 9.17) is 0 Å². The summed E-state index contributed by atoms with van der Waals surface area (Å²) in [6.07, 6.45) is 4.36. The van der Waals surface area contributed by atoms with E-state index in [1.807, 2.05) is 6.21 Å². The molecule has 2 rings (SSSR count). The summed E-state index contributed by atoms with van der Waals surface area (Å²) in [5, 5.41) is 0. The molecule has 0 spiro atoms. The third kappa shape index (κ3) is 2.47. The molecule has 1 aliphatic heterocycles. The van der Waals surface area contributed by atoms with Gasteiger partial charge in [0.2, 0.25) is 0 Å². The maximum atomic E-state index is 4.62. The molecule has 0 N–H and O–H groups in total. The van der Waals surface area contributed by atoms with Crippen LogP contribution in [0.2, 0.25) is 0 Å². The monoisotopic (exact) mass is 201 g/mol. The summed E-state index contributed by atoms with van der Waals surface area (Å²) in [4.78, 5) is 4.62. The molecule has 1 heterocycles. The van der Waals surface area contributed by atoms with Crippen molar-refractivity contribution in [2.45, 2.75) is 39.7 Å². The molecule has 0 fully saturated rings. The average molecular weight is 201 g/mol. The van der Waals surface area contributed by atoms with Crippen molar-refractivity contribution in [2.24, 2.45) is 10.9 Å². The highest BCUT2D eigenvalue weighted by Gasteiger charge is 2.15. The van der Waals surface area contributed by atoms with Crippen molar-refractivity contribution < 1.29 is 0 Å². The quantitative estimate of drug-likeness (QED) is 0.695. The third-order valence-electron chi connectivity index (χ3n) is 2.92. The van der Waals surface area contributed by atoms with E-state index in [9.17, 15) is 0 Å². The molecule has 1 aromatic carbocycles. The Bertz CT molecular complexity index is 377. The predicted molar refractivity (Wildman–Crippen MR) is 65.7 cm³/mol. The highest BCUT2D eigenvalue weighted by atomic mass is 14.8. The lowest BCUT2D eigenvalue weighted by molar-refractivity contribution is 0.493. The Kier molecular flexibility index (Phi) is 2.90. The SMILES string of the molecule is Cc1ccc2c(c1)CC(CC(C)C)N=C2. The van der Waals surface area contributed by atoms with Gasteiger partial charge in [0, 0.05) is 6.21 Å². The number of rotatable bonds is 2. The lowest BCUT2D eigenvalue weighted by atomic mass is 9.92. The normalized spacial score (nSPS) is 19.3. The molecule has 1 nitrogen and oxygen atoms in total. The molecule has 1 atom stereocenters. The molecule has 15 heavy (non-hydrogen) atoms. The van der Waals surface area contributed by atoms with Crippen molar-refractivity contribution in [3.63, 3.8) is 0 Å². The first-order valence-electron chi connectivity index (χ1n) is 5.78. The molecule has 80 valence electrons. The largest absolute Gasteiger partial charge is 0.289 e. The van der Waals surface area contributed by atoms with E-state index in [2.05, 4.69) is 44.0 Å². The molecular formula is C14H19N. The van der Waals surface area contributed by atoms with Crippen molar-refractivity contribution in [2.75, 3.05) is 0 Å². The summed E-state index contributed by atoms with van der Waals surface area (Å²) in [5.74, 6) is 0.735. The van der Waals surface area contributed by atoms with Crippen LogP contribution in [0.15, 0.2) is 23.2 Å². The number of benzene rings is 1. The number of hydrogen-bond donors (Lipinski definition) is 0. The minimum absolute atomic E-state index is 0.499. The van der Waals surface area contributed by atoms with Crippen LogP contribution in [0.1, 0.15) is 37.0 Å². The van der Waals surface area contributed by atoms with Crippen LogP contribution in [-0.4, -0.2) is 12.3 Å². The van der Waals surface area contributed by atoms with E-state index < -0.39 is 0 Å². The molecular weight excluding hydrogens is 182 g/mol. The van der Waals surface area contributed by atoms with Gasteiger partial charge in [0.1, 0.15) is 0 Å². The zero-order valence-electron chi connectivity index (χ0n) is 9.83. The van der Waals surface area contributed by atoms with Gasteiger partial charge in [0.25, 0.3) is 0 Å². The summed E-state index contributed by atoms with van der Waals surface area (Å²) < 4.78 is 0. The number of hydrogen-bond acceptors (Lipinski definition) is 1. The highest BCUT2D eigenvalue weighted by Crippen LogP contribution is 2.21. The molecule has 0 saturated carbocycles. The zero-order valence-corrected chi connectivity index (χ0v) is 9.83. The van der Waals surface area contributed by atoms with Crippen LogP contribution in [-0.2, 0) is 6.42 Å². The molecule has 0 bridgehead atoms. The van der Waals surface area contributed by atoms with E-state index in [-0.39, 0.29) is 0 Å². The molecule has 1 aliphatic rings. The van der Waals surface area contributed by atoms with Gasteiger partial charge in [-0.15, -0.1) is 0 Å². The lowest BCUT2D eigenvalue weighted by Crippen LogP contribution is -2.17. The van der Waals surface area contributed by atoms with E-state index in [0.717, 1.165) is 12.3 Å². The van der Waals surface area contributed by atoms with Crippen LogP contribution >= 0.6 is 0 Å². The minimum atomic E-state index is 0.499. The van der Waals surface area contributed by atoms with Gasteiger partial charge >= 0.3 is 0 Å². The fraction of sp³-hybridized carbons (Fsp3) is 0.500. The van der Waals surface area contributed by atoms with Crippen molar-refractivity contribution in [3.05, 3.63) is 34.9 Å². The van der Waals surface area contributed by atoms with Gasteiger partial charge in [0.05, 0.1) is 6.04 Å². The van der Waals surface area contributed by atoms with Gasteiger partial charge in [-0.05, 0) is 36.8 Å². The van der Waals surface area contributed by atoms with Crippen molar-refractivity contribution in [1.82, 2.24) is 0 Å². The molecule has 1 aromatic rings. The predicted octanol–water partition coefficient (Wildman–Crippen LogP) is 3.38. The van der Waals surface area contributed by atoms with Gasteiger partial charge in [-0.1, -0.05) is 37.6 Å². The van der Waals surface area contributed by atoms with Crippen molar-refractivity contribution in [1.29, 1.82) is 0 Å². The Balaban J connectivity index is 2.18. The van der Waals surface area contributed by atoms with Crippen LogP contribution in [0.25, 0.3) is 0 Å². The maximum Gasteiger partial charge on any atom is 0.0542 e. The maximum absolute atomic E-state index is 4.62. The molecule has 1 unspecified atom stereocenters. The van der Waals surface area contributed by atoms with Crippen molar-refractivity contribution >= 4 is 6.21 Å². The van der Waals surface area contributed by atoms with Crippen LogP contribution < -0.4 is 0 Å². The van der Waals surface area contributed by atoms with Gasteiger partial charge in [-0.25, -0.2) is 0 Å². The zero-order chi connectivity index (χ0) is 10.8. The van der Waals surface area contributed by atoms with E-state index in [0.29, 0.717) is 6.04 Å². The standard InChI is InChI=1S/C14H19N/c1-10(2)6-14-8-13-7-11(3)4-5-12(13)9-15-14/h4-5,7,9-10,14H,6,8H2,1-3H3. The average Bonchev–Trinajstić information content (AvgIpc) is 2.16. The molecule has 0 saturated heterocycles. The van der Waals surface area contributed by atoms with Crippen LogP contribution in [0.5, 0.6) is 0 Å². The first kappa shape index (κ1) is 10.4. The summed E-state index contributed by atoms with van der Waals surface area (Å²) in [6, 6.07) is 7.14. The summed E-state index contributed by atoms with van der Waals surface area (Å²) in [7, 11) is 0. The Hall–Kier alpha value is -1.11. The Morgan fingerprint density at radius 3 is 2.93 bits per heavy atom. The van der Waals surface area contributed by atoms with Crippen LogP contribution in [0.3, 0.4) is 0 Å². The third-order valence-corrected chi connectivity index (χ3v) is 2.92. The molecule has 1 heteroatoms. The molecule has 0 radical (unpaired) electrons. The van der Waals surface area contributed by atoms with Gasteiger partial charge in [-0.3, -0.25) is 4.99 Å². The number of aryl methyl sites for hydroxylation is 1. The fourth-order valence-electron chi connectivity index (χ4n) is 2.22. The second-order valence-electron chi connectivity index (χ2n) is 4.97. The van der Waals surface area contributed by atoms with Crippen molar-refractivity contribution in [3.8, 4) is 0 Å². The number of fused-ring (bicyclic) bond motifs is 1.